The summed E-state index contributed by atoms with van der Waals surface area (Å²) in [7, 11) is -3.11. The molecule has 4 nitrogen and oxygen atoms in total. The predicted octanol–water partition coefficient (Wildman–Crippen LogP) is 3.10. The van der Waals surface area contributed by atoms with Crippen LogP contribution in [-0.2, 0) is 14.6 Å². The van der Waals surface area contributed by atoms with Crippen LogP contribution in [0.1, 0.15) is 32.6 Å². The molecule has 1 aromatic rings. The van der Waals surface area contributed by atoms with E-state index in [1.54, 1.807) is 12.1 Å². The third kappa shape index (κ3) is 5.67. The van der Waals surface area contributed by atoms with Crippen LogP contribution in [0.4, 0.5) is 5.69 Å². The molecular weight excluding hydrogens is 286 g/mol. The molecule has 1 aliphatic carbocycles. The van der Waals surface area contributed by atoms with E-state index in [9.17, 15) is 8.42 Å². The molecule has 1 saturated carbocycles. The number of rotatable bonds is 10. The molecule has 0 spiro atoms. The molecule has 21 heavy (non-hydrogen) atoms. The molecule has 0 bridgehead atoms. The van der Waals surface area contributed by atoms with Gasteiger partial charge in [-0.15, -0.1) is 0 Å². The number of hydrogen-bond donors (Lipinski definition) is 1. The van der Waals surface area contributed by atoms with Gasteiger partial charge in [-0.05, 0) is 55.9 Å². The number of sulfone groups is 1. The van der Waals surface area contributed by atoms with Crippen LogP contribution in [0.3, 0.4) is 0 Å². The Balaban J connectivity index is 1.69. The van der Waals surface area contributed by atoms with Gasteiger partial charge in [0.25, 0.3) is 0 Å². The zero-order valence-corrected chi connectivity index (χ0v) is 13.5. The first-order chi connectivity index (χ1) is 10.1. The third-order valence-corrected chi connectivity index (χ3v) is 5.47. The lowest BCUT2D eigenvalue weighted by atomic mass is 10.3. The van der Waals surface area contributed by atoms with Gasteiger partial charge in [0.1, 0.15) is 0 Å². The van der Waals surface area contributed by atoms with Crippen LogP contribution in [0, 0.1) is 5.92 Å². The van der Waals surface area contributed by atoms with Crippen LogP contribution < -0.4 is 5.32 Å². The van der Waals surface area contributed by atoms with Gasteiger partial charge >= 0.3 is 0 Å². The maximum Gasteiger partial charge on any atom is 0.178 e. The van der Waals surface area contributed by atoms with E-state index in [1.165, 1.54) is 12.8 Å². The first-order valence-corrected chi connectivity index (χ1v) is 9.41. The first-order valence-electron chi connectivity index (χ1n) is 7.76. The molecule has 0 radical (unpaired) electrons. The molecule has 0 saturated heterocycles. The minimum atomic E-state index is -3.11. The van der Waals surface area contributed by atoms with E-state index in [4.69, 9.17) is 4.74 Å². The van der Waals surface area contributed by atoms with Crippen LogP contribution in [0.25, 0.3) is 0 Å². The monoisotopic (exact) mass is 311 g/mol. The topological polar surface area (TPSA) is 55.4 Å². The molecule has 1 fully saturated rings. The SMILES string of the molecule is CCCS(=O)(=O)c1ccc(NCCCOCC2CC2)cc1. The van der Waals surface area contributed by atoms with Gasteiger partial charge in [0.15, 0.2) is 9.84 Å². The van der Waals surface area contributed by atoms with Crippen LogP contribution in [0.15, 0.2) is 29.2 Å². The zero-order chi connectivity index (χ0) is 15.1. The van der Waals surface area contributed by atoms with Crippen molar-refractivity contribution in [3.63, 3.8) is 0 Å². The summed E-state index contributed by atoms with van der Waals surface area (Å²) in [4.78, 5) is 0.405. The Morgan fingerprint density at radius 3 is 2.57 bits per heavy atom. The van der Waals surface area contributed by atoms with E-state index in [0.29, 0.717) is 11.3 Å². The number of nitrogens with one attached hydrogen (secondary N) is 1. The molecule has 0 atom stereocenters. The van der Waals surface area contributed by atoms with Crippen molar-refractivity contribution in [1.82, 2.24) is 0 Å². The van der Waals surface area contributed by atoms with E-state index in [2.05, 4.69) is 5.32 Å². The van der Waals surface area contributed by atoms with Crippen molar-refractivity contribution in [3.8, 4) is 0 Å². The van der Waals surface area contributed by atoms with Crippen LogP contribution in [0.5, 0.6) is 0 Å². The van der Waals surface area contributed by atoms with Crippen LogP contribution in [-0.4, -0.2) is 33.9 Å². The third-order valence-electron chi connectivity index (χ3n) is 3.53. The quantitative estimate of drug-likeness (QED) is 0.675. The van der Waals surface area contributed by atoms with E-state index >= 15 is 0 Å². The Morgan fingerprint density at radius 2 is 1.95 bits per heavy atom. The number of ether oxygens (including phenoxy) is 1. The summed E-state index contributed by atoms with van der Waals surface area (Å²) in [6.07, 6.45) is 4.25. The minimum absolute atomic E-state index is 0.206. The fourth-order valence-electron chi connectivity index (χ4n) is 2.11. The maximum absolute atomic E-state index is 11.9. The van der Waals surface area contributed by atoms with Gasteiger partial charge in [-0.3, -0.25) is 0 Å². The normalized spacial score (nSPS) is 15.1. The predicted molar refractivity (Wildman–Crippen MR) is 85.4 cm³/mol. The van der Waals surface area contributed by atoms with Crippen molar-refractivity contribution in [2.24, 2.45) is 5.92 Å². The van der Waals surface area contributed by atoms with Crippen molar-refractivity contribution in [2.45, 2.75) is 37.5 Å². The number of anilines is 1. The Morgan fingerprint density at radius 1 is 1.24 bits per heavy atom. The fourth-order valence-corrected chi connectivity index (χ4v) is 3.43. The van der Waals surface area contributed by atoms with E-state index in [1.807, 2.05) is 19.1 Å². The van der Waals surface area contributed by atoms with Gasteiger partial charge in [-0.25, -0.2) is 8.42 Å². The molecule has 1 aliphatic rings. The molecular formula is C16H25NO3S. The highest BCUT2D eigenvalue weighted by atomic mass is 32.2. The molecule has 0 unspecified atom stereocenters. The lowest BCUT2D eigenvalue weighted by Crippen LogP contribution is -2.08. The van der Waals surface area contributed by atoms with E-state index in [-0.39, 0.29) is 5.75 Å². The fraction of sp³-hybridized carbons (Fsp3) is 0.625. The minimum Gasteiger partial charge on any atom is -0.385 e. The highest BCUT2D eigenvalue weighted by molar-refractivity contribution is 7.91. The molecule has 2 rings (SSSR count). The average molecular weight is 311 g/mol. The molecule has 0 aliphatic heterocycles. The van der Waals surface area contributed by atoms with Gasteiger partial charge in [-0.2, -0.15) is 0 Å². The van der Waals surface area contributed by atoms with Gasteiger partial charge in [0, 0.05) is 25.4 Å². The second-order valence-corrected chi connectivity index (χ2v) is 7.75. The number of benzene rings is 1. The van der Waals surface area contributed by atoms with Gasteiger partial charge < -0.3 is 10.1 Å². The lowest BCUT2D eigenvalue weighted by Gasteiger charge is -2.08. The van der Waals surface area contributed by atoms with E-state index in [0.717, 1.165) is 37.8 Å². The first kappa shape index (κ1) is 16.3. The lowest BCUT2D eigenvalue weighted by molar-refractivity contribution is 0.124. The highest BCUT2D eigenvalue weighted by Crippen LogP contribution is 2.28. The summed E-state index contributed by atoms with van der Waals surface area (Å²) in [5, 5.41) is 3.28. The van der Waals surface area contributed by atoms with Crippen molar-refractivity contribution in [3.05, 3.63) is 24.3 Å². The summed E-state index contributed by atoms with van der Waals surface area (Å²) < 4.78 is 29.4. The summed E-state index contributed by atoms with van der Waals surface area (Å²) in [6, 6.07) is 7.01. The van der Waals surface area contributed by atoms with Crippen LogP contribution >= 0.6 is 0 Å². The number of hydrogen-bond acceptors (Lipinski definition) is 4. The Labute approximate surface area is 127 Å². The van der Waals surface area contributed by atoms with Gasteiger partial charge in [0.05, 0.1) is 10.6 Å². The summed E-state index contributed by atoms with van der Waals surface area (Å²) in [5.41, 5.74) is 0.952. The second kappa shape index (κ2) is 7.80. The summed E-state index contributed by atoms with van der Waals surface area (Å²) in [6.45, 7) is 4.40. The van der Waals surface area contributed by atoms with Crippen molar-refractivity contribution in [1.29, 1.82) is 0 Å². The molecule has 0 heterocycles. The second-order valence-electron chi connectivity index (χ2n) is 5.64. The molecule has 1 N–H and O–H groups in total. The molecule has 118 valence electrons. The summed E-state index contributed by atoms with van der Waals surface area (Å²) >= 11 is 0. The molecule has 0 amide bonds. The van der Waals surface area contributed by atoms with Crippen molar-refractivity contribution < 1.29 is 13.2 Å². The Kier molecular flexibility index (Phi) is 6.06. The van der Waals surface area contributed by atoms with Gasteiger partial charge in [0.2, 0.25) is 0 Å². The zero-order valence-electron chi connectivity index (χ0n) is 12.7. The molecule has 1 aromatic carbocycles. The summed E-state index contributed by atoms with van der Waals surface area (Å²) in [5.74, 6) is 1.02. The van der Waals surface area contributed by atoms with Crippen molar-refractivity contribution >= 4 is 15.5 Å². The van der Waals surface area contributed by atoms with E-state index < -0.39 is 9.84 Å². The smallest absolute Gasteiger partial charge is 0.178 e. The maximum atomic E-state index is 11.9. The Bertz CT molecular complexity index is 521. The average Bonchev–Trinajstić information content (AvgIpc) is 3.27. The Hall–Kier alpha value is -1.07. The molecule has 5 heteroatoms. The molecule has 0 aromatic heterocycles. The largest absolute Gasteiger partial charge is 0.385 e. The van der Waals surface area contributed by atoms with Gasteiger partial charge in [-0.1, -0.05) is 6.92 Å². The van der Waals surface area contributed by atoms with Crippen LogP contribution in [0.2, 0.25) is 0 Å². The van der Waals surface area contributed by atoms with Crippen molar-refractivity contribution in [2.75, 3.05) is 30.8 Å². The standard InChI is InChI=1S/C16H25NO3S/c1-2-12-21(18,19)16-8-6-15(7-9-16)17-10-3-11-20-13-14-4-5-14/h6-9,14,17H,2-5,10-13H2,1H3. The highest BCUT2D eigenvalue weighted by Gasteiger charge is 2.20.